The number of aromatic nitrogens is 3. The van der Waals surface area contributed by atoms with E-state index < -0.39 is 30.7 Å². The van der Waals surface area contributed by atoms with Crippen LogP contribution in [0, 0.1) is 11.8 Å². The first-order valence-electron chi connectivity index (χ1n) is 14.5. The van der Waals surface area contributed by atoms with Crippen LogP contribution in [0.3, 0.4) is 0 Å². The lowest BCUT2D eigenvalue weighted by Gasteiger charge is -2.33. The summed E-state index contributed by atoms with van der Waals surface area (Å²) in [6.45, 7) is 0.434. The summed E-state index contributed by atoms with van der Waals surface area (Å²) in [5, 5.41) is 10.5. The van der Waals surface area contributed by atoms with E-state index in [1.54, 1.807) is 16.9 Å². The van der Waals surface area contributed by atoms with E-state index in [1.807, 2.05) is 13.0 Å². The molecule has 3 aromatic rings. The lowest BCUT2D eigenvalue weighted by molar-refractivity contribution is -0.153. The third-order valence-electron chi connectivity index (χ3n) is 7.94. The normalized spacial score (nSPS) is 18.7. The zero-order valence-corrected chi connectivity index (χ0v) is 23.7. The van der Waals surface area contributed by atoms with Crippen molar-refractivity contribution in [2.24, 2.45) is 11.8 Å². The van der Waals surface area contributed by atoms with Gasteiger partial charge in [-0.3, -0.25) is 9.59 Å². The van der Waals surface area contributed by atoms with Crippen molar-refractivity contribution in [2.45, 2.75) is 82.5 Å². The van der Waals surface area contributed by atoms with E-state index in [9.17, 15) is 31.5 Å². The molecule has 0 bridgehead atoms. The summed E-state index contributed by atoms with van der Waals surface area (Å²) < 4.78 is 72.2. The monoisotopic (exact) mass is 607 g/mol. The van der Waals surface area contributed by atoms with Crippen molar-refractivity contribution in [3.63, 3.8) is 0 Å². The smallest absolute Gasteiger partial charge is 0.422 e. The van der Waals surface area contributed by atoms with Crippen molar-refractivity contribution in [3.8, 4) is 5.75 Å². The number of hydrogen-bond donors (Lipinski definition) is 2. The first-order valence-corrected chi connectivity index (χ1v) is 14.5. The van der Waals surface area contributed by atoms with Crippen LogP contribution >= 0.6 is 0 Å². The molecular weight excluding hydrogens is 573 g/mol. The average molecular weight is 608 g/mol. The van der Waals surface area contributed by atoms with Gasteiger partial charge in [0.25, 0.3) is 5.91 Å². The molecule has 2 aliphatic carbocycles. The molecule has 2 saturated carbocycles. The maximum Gasteiger partial charge on any atom is 0.422 e. The molecule has 2 atom stereocenters. The number of halogens is 5. The van der Waals surface area contributed by atoms with Crippen LogP contribution in [-0.4, -0.2) is 45.1 Å². The lowest BCUT2D eigenvalue weighted by Crippen LogP contribution is -2.37. The number of carbonyl (C=O) groups excluding carboxylic acids is 2. The summed E-state index contributed by atoms with van der Waals surface area (Å²) in [6.07, 6.45) is 1.54. The predicted molar refractivity (Wildman–Crippen MR) is 147 cm³/mol. The maximum atomic E-state index is 14.0. The Bertz CT molecular complexity index is 1450. The Morgan fingerprint density at radius 2 is 1.79 bits per heavy atom. The molecule has 5 rings (SSSR count). The summed E-state index contributed by atoms with van der Waals surface area (Å²) in [7, 11) is 0. The number of amides is 2. The van der Waals surface area contributed by atoms with Crippen LogP contribution in [0.4, 0.5) is 22.0 Å². The second kappa shape index (κ2) is 12.5. The topological polar surface area (TPSA) is 97.6 Å². The van der Waals surface area contributed by atoms with E-state index in [4.69, 9.17) is 9.72 Å². The quantitative estimate of drug-likeness (QED) is 0.248. The molecule has 0 saturated heterocycles. The Hall–Kier alpha value is -3.77. The fourth-order valence-electron chi connectivity index (χ4n) is 5.55. The van der Waals surface area contributed by atoms with Gasteiger partial charge in [-0.1, -0.05) is 13.0 Å². The van der Waals surface area contributed by atoms with Crippen molar-refractivity contribution < 1.29 is 36.3 Å². The fourth-order valence-corrected chi connectivity index (χ4v) is 5.55. The minimum Gasteiger partial charge on any atom is -0.484 e. The van der Waals surface area contributed by atoms with Crippen molar-refractivity contribution in [1.29, 1.82) is 0 Å². The minimum absolute atomic E-state index is 0.0342. The third-order valence-corrected chi connectivity index (χ3v) is 7.94. The number of hydrogen-bond acceptors (Lipinski definition) is 5. The Morgan fingerprint density at radius 1 is 1.07 bits per heavy atom. The number of ether oxygens (including phenoxy) is 1. The highest BCUT2D eigenvalue weighted by atomic mass is 19.4. The molecule has 2 aliphatic rings. The summed E-state index contributed by atoms with van der Waals surface area (Å²) in [5.41, 5.74) is 1.77. The van der Waals surface area contributed by atoms with E-state index >= 15 is 0 Å². The molecule has 1 aromatic carbocycles. The number of carbonyl (C=O) groups is 2. The lowest BCUT2D eigenvalue weighted by atomic mass is 9.81. The predicted octanol–water partition coefficient (Wildman–Crippen LogP) is 6.33. The summed E-state index contributed by atoms with van der Waals surface area (Å²) >= 11 is 0. The second-order valence-corrected chi connectivity index (χ2v) is 11.5. The molecular formula is C30H34F5N5O3. The molecule has 13 heteroatoms. The molecule has 2 aromatic heterocycles. The second-order valence-electron chi connectivity index (χ2n) is 11.5. The van der Waals surface area contributed by atoms with Crippen LogP contribution in [-0.2, 0) is 4.79 Å². The molecule has 0 unspecified atom stereocenters. The number of benzene rings is 1. The summed E-state index contributed by atoms with van der Waals surface area (Å²) in [4.78, 5) is 30.4. The first kappa shape index (κ1) is 30.7. The molecule has 8 nitrogen and oxygen atoms in total. The van der Waals surface area contributed by atoms with Gasteiger partial charge in [0.1, 0.15) is 5.75 Å². The van der Waals surface area contributed by atoms with Gasteiger partial charge in [-0.05, 0) is 73.8 Å². The molecule has 0 aliphatic heterocycles. The molecule has 0 radical (unpaired) electrons. The Kier molecular flexibility index (Phi) is 8.89. The van der Waals surface area contributed by atoms with Crippen LogP contribution in [0.5, 0.6) is 5.75 Å². The fraction of sp³-hybridized carbons (Fsp3) is 0.533. The first-order chi connectivity index (χ1) is 20.4. The van der Waals surface area contributed by atoms with Crippen molar-refractivity contribution in [3.05, 3.63) is 59.5 Å². The van der Waals surface area contributed by atoms with Crippen LogP contribution in [0.25, 0.3) is 5.65 Å². The van der Waals surface area contributed by atoms with Gasteiger partial charge in [-0.2, -0.15) is 18.3 Å². The number of fused-ring (bicyclic) bond motifs is 1. The van der Waals surface area contributed by atoms with Gasteiger partial charge in [-0.15, -0.1) is 0 Å². The Labute approximate surface area is 245 Å². The van der Waals surface area contributed by atoms with E-state index in [0.29, 0.717) is 23.7 Å². The molecule has 2 amide bonds. The Balaban J connectivity index is 1.40. The molecule has 0 spiro atoms. The summed E-state index contributed by atoms with van der Waals surface area (Å²) in [5.74, 6) is -3.59. The molecule has 2 fully saturated rings. The average Bonchev–Trinajstić information content (AvgIpc) is 3.71. The molecule has 2 N–H and O–H groups in total. The van der Waals surface area contributed by atoms with Gasteiger partial charge in [-0.25, -0.2) is 18.3 Å². The van der Waals surface area contributed by atoms with Gasteiger partial charge >= 0.3 is 6.18 Å². The van der Waals surface area contributed by atoms with Crippen LogP contribution in [0.15, 0.2) is 42.7 Å². The SMILES string of the molecule is CCCC(=O)N[C@@H](c1cnn2cc([C@@H](NC(=O)c3cccc(OCC(F)(F)F)c3)C3CCC(F)(F)CC3)nc2c1)C1CC1. The number of nitrogens with one attached hydrogen (secondary N) is 2. The number of rotatable bonds is 11. The minimum atomic E-state index is -4.54. The van der Waals surface area contributed by atoms with Gasteiger partial charge < -0.3 is 15.4 Å². The largest absolute Gasteiger partial charge is 0.484 e. The number of nitrogens with zero attached hydrogens (tertiary/aromatic N) is 3. The highest BCUT2D eigenvalue weighted by molar-refractivity contribution is 5.94. The zero-order chi connectivity index (χ0) is 30.8. The molecule has 2 heterocycles. The standard InChI is InChI=1S/C30H34F5N5O3/c1-2-4-25(41)38-26(18-7-8-18)21-14-24-37-23(16-40(24)36-15-21)27(19-9-11-29(31,32)12-10-19)39-28(42)20-5-3-6-22(13-20)43-17-30(33,34)35/h3,5-6,13-16,18-19,26-27H,2,4,7-12,17H2,1H3,(H,38,41)(H,39,42)/t26-,27+/m1/s1. The highest BCUT2D eigenvalue weighted by Gasteiger charge is 2.40. The third kappa shape index (κ3) is 7.99. The Morgan fingerprint density at radius 3 is 2.47 bits per heavy atom. The van der Waals surface area contributed by atoms with Gasteiger partial charge in [0.05, 0.1) is 30.2 Å². The zero-order valence-electron chi connectivity index (χ0n) is 23.7. The van der Waals surface area contributed by atoms with Crippen LogP contribution in [0.1, 0.15) is 92.0 Å². The van der Waals surface area contributed by atoms with E-state index in [2.05, 4.69) is 15.7 Å². The highest BCUT2D eigenvalue weighted by Crippen LogP contribution is 2.43. The van der Waals surface area contributed by atoms with E-state index in [-0.39, 0.29) is 54.9 Å². The summed E-state index contributed by atoms with van der Waals surface area (Å²) in [6, 6.07) is 6.24. The number of alkyl halides is 5. The van der Waals surface area contributed by atoms with E-state index in [0.717, 1.165) is 24.8 Å². The van der Waals surface area contributed by atoms with Crippen molar-refractivity contribution >= 4 is 17.5 Å². The van der Waals surface area contributed by atoms with Gasteiger partial charge in [0, 0.05) is 24.8 Å². The van der Waals surface area contributed by atoms with Crippen molar-refractivity contribution in [2.75, 3.05) is 6.61 Å². The van der Waals surface area contributed by atoms with Crippen molar-refractivity contribution in [1.82, 2.24) is 25.2 Å². The van der Waals surface area contributed by atoms with Gasteiger partial charge in [0.2, 0.25) is 11.8 Å². The molecule has 232 valence electrons. The van der Waals surface area contributed by atoms with Crippen LogP contribution < -0.4 is 15.4 Å². The van der Waals surface area contributed by atoms with Gasteiger partial charge in [0.15, 0.2) is 12.3 Å². The van der Waals surface area contributed by atoms with E-state index in [1.165, 1.54) is 24.3 Å². The maximum absolute atomic E-state index is 14.0. The van der Waals surface area contributed by atoms with Crippen LogP contribution in [0.2, 0.25) is 0 Å². The molecule has 43 heavy (non-hydrogen) atoms. The number of imidazole rings is 1.